The molecule has 15 nitrogen and oxygen atoms in total. The standard InChI is InChI=1S/C12H14BNO6S.C9H9BO5.C3H7NO2S.CH3I/c15-12(14-21(17,18)10-3-4-10)7-19-9-2-1-8-6-20-13(16)11(8)5-9;11-9(12)5-14-7-2-1-6-4-15-10(13)8(6)3-7;4-7(5,6)3-1-2-3;1-2/h1-2,5,10,16H,3-4,6-7H2,(H,14,15);1-3,13H,4-5H2,(H,11,12);3H,1-2H2,(H2,4,5,6);1H3/i;;;1D. The van der Waals surface area contributed by atoms with Gasteiger partial charge in [-0.15, -0.1) is 0 Å². The first-order chi connectivity index (χ1) is 21.6. The highest BCUT2D eigenvalue weighted by molar-refractivity contribution is 14.1. The zero-order chi connectivity index (χ0) is 34.1. The third kappa shape index (κ3) is 11.7. The lowest BCUT2D eigenvalue weighted by Crippen LogP contribution is -2.36. The summed E-state index contributed by atoms with van der Waals surface area (Å²) in [6.07, 6.45) is 2.70. The maximum absolute atomic E-state index is 11.6. The van der Waals surface area contributed by atoms with E-state index >= 15 is 0 Å². The molecule has 2 aliphatic heterocycles. The lowest BCUT2D eigenvalue weighted by atomic mass is 9.79. The number of amides is 1. The Labute approximate surface area is 276 Å². The van der Waals surface area contributed by atoms with Crippen molar-refractivity contribution in [1.82, 2.24) is 4.72 Å². The van der Waals surface area contributed by atoms with Crippen LogP contribution in [-0.4, -0.2) is 86.7 Å². The van der Waals surface area contributed by atoms with E-state index in [2.05, 4.69) is 0 Å². The third-order valence-corrected chi connectivity index (χ3v) is 9.76. The van der Waals surface area contributed by atoms with Crippen molar-refractivity contribution in [2.75, 3.05) is 18.1 Å². The van der Waals surface area contributed by atoms with Gasteiger partial charge < -0.3 is 33.9 Å². The van der Waals surface area contributed by atoms with Crippen LogP contribution in [0.5, 0.6) is 11.5 Å². The summed E-state index contributed by atoms with van der Waals surface area (Å²) in [6.45, 7) is -0.0932. The summed E-state index contributed by atoms with van der Waals surface area (Å²) in [7, 11) is -8.61. The highest BCUT2D eigenvalue weighted by Crippen LogP contribution is 2.27. The Morgan fingerprint density at radius 3 is 1.76 bits per heavy atom. The van der Waals surface area contributed by atoms with E-state index in [9.17, 15) is 36.5 Å². The van der Waals surface area contributed by atoms with E-state index in [1.807, 2.05) is 27.3 Å². The number of hydrogen-bond donors (Lipinski definition) is 5. The fourth-order valence-electron chi connectivity index (χ4n) is 3.91. The van der Waals surface area contributed by atoms with Crippen molar-refractivity contribution in [2.45, 2.75) is 49.4 Å². The Morgan fingerprint density at radius 1 is 0.933 bits per heavy atom. The molecule has 0 saturated heterocycles. The van der Waals surface area contributed by atoms with Gasteiger partial charge in [0.25, 0.3) is 5.91 Å². The van der Waals surface area contributed by atoms with Gasteiger partial charge in [0.15, 0.2) is 13.2 Å². The summed E-state index contributed by atoms with van der Waals surface area (Å²) in [5.41, 5.74) is 2.98. The Hall–Kier alpha value is -2.46. The molecule has 6 rings (SSSR count). The number of carbonyl (C=O) groups is 2. The second-order valence-corrected chi connectivity index (χ2v) is 13.9. The molecular weight excluding hydrogens is 749 g/mol. The van der Waals surface area contributed by atoms with Crippen molar-refractivity contribution < 1.29 is 61.7 Å². The molecule has 2 aromatic carbocycles. The second kappa shape index (κ2) is 16.4. The average molecular weight is 783 g/mol. The first-order valence-electron chi connectivity index (χ1n) is 14.1. The predicted octanol–water partition coefficient (Wildman–Crippen LogP) is -1.25. The van der Waals surface area contributed by atoms with Gasteiger partial charge in [0.1, 0.15) is 11.5 Å². The summed E-state index contributed by atoms with van der Waals surface area (Å²) < 4.78 is 71.9. The van der Waals surface area contributed by atoms with Gasteiger partial charge in [-0.2, -0.15) is 0 Å². The molecule has 0 radical (unpaired) electrons. The van der Waals surface area contributed by atoms with Crippen LogP contribution in [0, 0.1) is 0 Å². The van der Waals surface area contributed by atoms with Crippen molar-refractivity contribution in [3.05, 3.63) is 47.5 Å². The Balaban J connectivity index is 0.000000199. The number of carboxylic acids is 1. The van der Waals surface area contributed by atoms with Crippen LogP contribution < -0.4 is 30.3 Å². The maximum Gasteiger partial charge on any atom is 0.491 e. The predicted molar refractivity (Wildman–Crippen MR) is 172 cm³/mol. The van der Waals surface area contributed by atoms with Crippen LogP contribution in [0.3, 0.4) is 0 Å². The molecule has 2 fully saturated rings. The van der Waals surface area contributed by atoms with Crippen molar-refractivity contribution in [1.29, 1.82) is 0 Å². The number of fused-ring (bicyclic) bond motifs is 2. The van der Waals surface area contributed by atoms with Crippen molar-refractivity contribution in [3.63, 3.8) is 0 Å². The van der Waals surface area contributed by atoms with Gasteiger partial charge in [0, 0.05) is 1.37 Å². The zero-order valence-corrected chi connectivity index (χ0v) is 27.6. The molecule has 246 valence electrons. The SMILES string of the molecule is NS(=O)(=O)C1CC1.O=C(COc1ccc2c(c1)B(O)OC2)NS(=O)(=O)C1CC1.O=C(O)COc1ccc2c(c1)B(O)OC2.[2H]CI. The molecule has 2 saturated carbocycles. The number of benzene rings is 2. The lowest BCUT2D eigenvalue weighted by Gasteiger charge is -2.09. The van der Waals surface area contributed by atoms with E-state index in [1.54, 1.807) is 36.4 Å². The molecule has 0 unspecified atom stereocenters. The largest absolute Gasteiger partial charge is 0.491 e. The van der Waals surface area contributed by atoms with Crippen LogP contribution in [-0.2, 0) is 52.2 Å². The number of alkyl halides is 1. The van der Waals surface area contributed by atoms with Gasteiger partial charge in [-0.1, -0.05) is 34.7 Å². The quantitative estimate of drug-likeness (QED) is 0.114. The smallest absolute Gasteiger partial charge is 0.484 e. The van der Waals surface area contributed by atoms with Gasteiger partial charge >= 0.3 is 20.2 Å². The van der Waals surface area contributed by atoms with Gasteiger partial charge in [-0.25, -0.2) is 31.5 Å². The first-order valence-corrected chi connectivity index (χ1v) is 18.1. The average Bonchev–Trinajstić information content (AvgIpc) is 3.92. The fraction of sp³-hybridized carbons (Fsp3) is 0.440. The summed E-state index contributed by atoms with van der Waals surface area (Å²) in [5, 5.41) is 31.4. The number of rotatable bonds is 9. The second-order valence-electron chi connectivity index (χ2n) is 10.1. The summed E-state index contributed by atoms with van der Waals surface area (Å²) in [4.78, 5) is 22.3. The monoisotopic (exact) mass is 783 g/mol. The lowest BCUT2D eigenvalue weighted by molar-refractivity contribution is -0.139. The molecule has 2 aromatic rings. The third-order valence-electron chi connectivity index (χ3n) is 6.50. The number of sulfonamides is 2. The Bertz CT molecular complexity index is 1600. The minimum Gasteiger partial charge on any atom is -0.484 e. The Morgan fingerprint density at radius 2 is 1.38 bits per heavy atom. The van der Waals surface area contributed by atoms with E-state index in [-0.39, 0.29) is 5.25 Å². The highest BCUT2D eigenvalue weighted by atomic mass is 127. The van der Waals surface area contributed by atoms with Crippen LogP contribution in [0.1, 0.15) is 38.2 Å². The number of carbonyl (C=O) groups excluding carboxylic acids is 1. The zero-order valence-electron chi connectivity index (χ0n) is 24.8. The maximum atomic E-state index is 11.6. The van der Waals surface area contributed by atoms with Crippen molar-refractivity contribution in [3.8, 4) is 11.5 Å². The number of primary sulfonamides is 1. The van der Waals surface area contributed by atoms with Gasteiger partial charge in [0.2, 0.25) is 20.0 Å². The normalized spacial score (nSPS) is 16.7. The van der Waals surface area contributed by atoms with Crippen molar-refractivity contribution >= 4 is 79.7 Å². The van der Waals surface area contributed by atoms with E-state index < -0.39 is 64.6 Å². The van der Waals surface area contributed by atoms with E-state index in [1.165, 1.54) is 0 Å². The highest BCUT2D eigenvalue weighted by Gasteiger charge is 2.37. The first kappa shape index (κ1) is 35.4. The summed E-state index contributed by atoms with van der Waals surface area (Å²) >= 11 is 1.96. The molecule has 4 aliphatic rings. The summed E-state index contributed by atoms with van der Waals surface area (Å²) in [5.74, 6) is -0.954. The van der Waals surface area contributed by atoms with Crippen LogP contribution in [0.15, 0.2) is 36.4 Å². The van der Waals surface area contributed by atoms with Crippen LogP contribution >= 0.6 is 22.6 Å². The number of carboxylic acid groups (broad SMARTS) is 1. The molecule has 1 amide bonds. The van der Waals surface area contributed by atoms with Gasteiger partial charge in [-0.3, -0.25) is 4.79 Å². The van der Waals surface area contributed by atoms with E-state index in [0.717, 1.165) is 24.0 Å². The molecule has 6 N–H and O–H groups in total. The molecule has 2 heterocycles. The topological polar surface area (TPSA) is 238 Å². The number of ether oxygens (including phenoxy) is 2. The molecule has 0 aromatic heterocycles. The molecular formula is C25H33B2IN2O13S2. The van der Waals surface area contributed by atoms with Crippen molar-refractivity contribution in [2.24, 2.45) is 5.14 Å². The van der Waals surface area contributed by atoms with E-state index in [0.29, 0.717) is 53.4 Å². The van der Waals surface area contributed by atoms with Crippen LogP contribution in [0.2, 0.25) is 0 Å². The minimum absolute atomic E-state index is 0.201. The molecule has 45 heavy (non-hydrogen) atoms. The number of halogens is 1. The van der Waals surface area contributed by atoms with Gasteiger partial charge in [-0.05, 0) is 76.9 Å². The number of nitrogens with one attached hydrogen (secondary N) is 1. The van der Waals surface area contributed by atoms with E-state index in [4.69, 9.17) is 30.4 Å². The molecule has 20 heteroatoms. The van der Waals surface area contributed by atoms with Gasteiger partial charge in [0.05, 0.1) is 23.7 Å². The Kier molecular flexibility index (Phi) is 12.9. The number of nitrogens with two attached hydrogens (primary N) is 1. The fourth-order valence-corrected chi connectivity index (χ4v) is 6.00. The summed E-state index contributed by atoms with van der Waals surface area (Å²) in [6, 6.07) is 9.96. The van der Waals surface area contributed by atoms with Crippen LogP contribution in [0.4, 0.5) is 0 Å². The molecule has 2 aliphatic carbocycles. The minimum atomic E-state index is -3.55. The molecule has 0 bridgehead atoms. The number of hydrogen-bond acceptors (Lipinski definition) is 12. The molecule has 0 atom stereocenters. The van der Waals surface area contributed by atoms with Crippen LogP contribution in [0.25, 0.3) is 0 Å². The molecule has 0 spiro atoms. The number of aliphatic carboxylic acids is 1.